The highest BCUT2D eigenvalue weighted by Gasteiger charge is 2.17. The zero-order valence-corrected chi connectivity index (χ0v) is 29.3. The zero-order chi connectivity index (χ0) is 35.4. The average molecular weight is 673 g/mol. The minimum absolute atomic E-state index is 0.705. The first-order valence-corrected chi connectivity index (χ1v) is 17.9. The van der Waals surface area contributed by atoms with E-state index in [1.807, 2.05) is 31.2 Å². The van der Waals surface area contributed by atoms with Crippen molar-refractivity contribution in [3.63, 3.8) is 0 Å². The molecule has 1 aliphatic carbocycles. The highest BCUT2D eigenvalue weighted by Crippen LogP contribution is 2.40. The molecular weight excluding hydrogens is 633 g/mol. The van der Waals surface area contributed by atoms with Gasteiger partial charge in [-0.2, -0.15) is 0 Å². The first kappa shape index (κ1) is 32.7. The number of nitrogens with two attached hydrogens (primary N) is 2. The van der Waals surface area contributed by atoms with Crippen LogP contribution < -0.4 is 11.5 Å². The van der Waals surface area contributed by atoms with Crippen molar-refractivity contribution >= 4 is 56.5 Å². The molecular formula is C48H40N4. The molecule has 0 unspecified atom stereocenters. The maximum Gasteiger partial charge on any atom is 0.0944 e. The van der Waals surface area contributed by atoms with E-state index in [4.69, 9.17) is 16.5 Å². The molecule has 252 valence electrons. The lowest BCUT2D eigenvalue weighted by atomic mass is 9.84. The van der Waals surface area contributed by atoms with Crippen molar-refractivity contribution in [1.29, 1.82) is 0 Å². The standard InChI is InChI=1S/C48H40N4/c1-2-11-33-23-26-36-27-28-44(52-48(36)46(33)50)39-17-9-16-38(31-39)41-20-4-6-22-43(41)42-21-5-3-19-40(42)37-15-8-13-32(30-37)12-7-14-34-24-25-35-18-10-29-51-47(35)45(34)49/h2-4,6-11,13-20,22-31H,5,12,21,49-50H2,1H3/b11-2-,14-7-. The van der Waals surface area contributed by atoms with Gasteiger partial charge in [-0.15, -0.1) is 0 Å². The maximum absolute atomic E-state index is 6.58. The number of benzene rings is 5. The van der Waals surface area contributed by atoms with Crippen LogP contribution in [0.2, 0.25) is 0 Å². The van der Waals surface area contributed by atoms with Gasteiger partial charge < -0.3 is 11.5 Å². The number of hydrogen-bond donors (Lipinski definition) is 2. The molecule has 2 aromatic heterocycles. The van der Waals surface area contributed by atoms with Crippen LogP contribution in [0.3, 0.4) is 0 Å². The van der Waals surface area contributed by atoms with E-state index in [2.05, 4.69) is 138 Å². The van der Waals surface area contributed by atoms with Gasteiger partial charge in [0.25, 0.3) is 0 Å². The summed E-state index contributed by atoms with van der Waals surface area (Å²) in [6.07, 6.45) is 17.5. The van der Waals surface area contributed by atoms with Gasteiger partial charge in [0.1, 0.15) is 0 Å². The molecule has 0 radical (unpaired) electrons. The molecule has 2 heterocycles. The average Bonchev–Trinajstić information content (AvgIpc) is 3.20. The summed E-state index contributed by atoms with van der Waals surface area (Å²) >= 11 is 0. The van der Waals surface area contributed by atoms with Crippen molar-refractivity contribution in [3.8, 4) is 22.4 Å². The predicted molar refractivity (Wildman–Crippen MR) is 222 cm³/mol. The molecule has 0 saturated heterocycles. The number of nitrogen functional groups attached to an aromatic ring is 2. The Morgan fingerprint density at radius 2 is 1.38 bits per heavy atom. The van der Waals surface area contributed by atoms with Crippen LogP contribution in [0.25, 0.3) is 67.5 Å². The second-order valence-corrected chi connectivity index (χ2v) is 13.2. The first-order valence-electron chi connectivity index (χ1n) is 17.9. The molecule has 0 amide bonds. The molecule has 0 aliphatic heterocycles. The second kappa shape index (κ2) is 14.4. The van der Waals surface area contributed by atoms with Gasteiger partial charge in [0, 0.05) is 22.5 Å². The van der Waals surface area contributed by atoms with E-state index >= 15 is 0 Å². The van der Waals surface area contributed by atoms with Crippen LogP contribution in [-0.2, 0) is 6.42 Å². The normalized spacial score (nSPS) is 13.2. The minimum Gasteiger partial charge on any atom is -0.396 e. The van der Waals surface area contributed by atoms with Gasteiger partial charge >= 0.3 is 0 Å². The van der Waals surface area contributed by atoms with Crippen molar-refractivity contribution in [1.82, 2.24) is 9.97 Å². The fourth-order valence-corrected chi connectivity index (χ4v) is 7.29. The van der Waals surface area contributed by atoms with Crippen LogP contribution in [0.5, 0.6) is 0 Å². The van der Waals surface area contributed by atoms with Gasteiger partial charge in [0.2, 0.25) is 0 Å². The Bertz CT molecular complexity index is 2590. The summed E-state index contributed by atoms with van der Waals surface area (Å²) in [5.41, 5.74) is 28.8. The van der Waals surface area contributed by atoms with Gasteiger partial charge in [0.15, 0.2) is 0 Å². The van der Waals surface area contributed by atoms with E-state index in [9.17, 15) is 0 Å². The van der Waals surface area contributed by atoms with Crippen LogP contribution in [0.1, 0.15) is 47.6 Å². The van der Waals surface area contributed by atoms with Crippen molar-refractivity contribution in [2.45, 2.75) is 26.2 Å². The number of hydrogen-bond acceptors (Lipinski definition) is 4. The number of allylic oxidation sites excluding steroid dienone is 6. The van der Waals surface area contributed by atoms with Crippen molar-refractivity contribution in [3.05, 3.63) is 180 Å². The Hall–Kier alpha value is -6.52. The van der Waals surface area contributed by atoms with E-state index in [1.54, 1.807) is 6.20 Å². The zero-order valence-electron chi connectivity index (χ0n) is 29.3. The van der Waals surface area contributed by atoms with E-state index in [-0.39, 0.29) is 0 Å². The highest BCUT2D eigenvalue weighted by molar-refractivity contribution is 6.00. The third kappa shape index (κ3) is 6.43. The number of anilines is 2. The monoisotopic (exact) mass is 672 g/mol. The summed E-state index contributed by atoms with van der Waals surface area (Å²) in [5, 5.41) is 2.09. The van der Waals surface area contributed by atoms with Gasteiger partial charge in [0.05, 0.1) is 28.1 Å². The molecule has 4 heteroatoms. The molecule has 5 aromatic carbocycles. The maximum atomic E-state index is 6.58. The SMILES string of the molecule is C/C=C\c1ccc2ccc(-c3cccc(-c4ccccc4C4=C(c5cccc(C/C=C\c6ccc7cccnc7c6N)c5)C=CCC4)c3)nc2c1N. The Labute approximate surface area is 305 Å². The first-order chi connectivity index (χ1) is 25.6. The molecule has 8 rings (SSSR count). The van der Waals surface area contributed by atoms with Crippen molar-refractivity contribution in [2.24, 2.45) is 0 Å². The van der Waals surface area contributed by atoms with Crippen LogP contribution in [0.4, 0.5) is 11.4 Å². The summed E-state index contributed by atoms with van der Waals surface area (Å²) in [6, 6.07) is 42.9. The lowest BCUT2D eigenvalue weighted by Crippen LogP contribution is -1.98. The van der Waals surface area contributed by atoms with E-state index in [1.165, 1.54) is 33.4 Å². The lowest BCUT2D eigenvalue weighted by Gasteiger charge is -2.20. The molecule has 0 saturated carbocycles. The lowest BCUT2D eigenvalue weighted by molar-refractivity contribution is 1.06. The Kier molecular flexibility index (Phi) is 9.03. The molecule has 4 nitrogen and oxygen atoms in total. The van der Waals surface area contributed by atoms with Gasteiger partial charge in [-0.3, -0.25) is 4.98 Å². The Balaban J connectivity index is 1.12. The fraction of sp³-hybridized carbons (Fsp3) is 0.0833. The van der Waals surface area contributed by atoms with Gasteiger partial charge in [-0.05, 0) is 94.5 Å². The van der Waals surface area contributed by atoms with Gasteiger partial charge in [-0.1, -0.05) is 140 Å². The van der Waals surface area contributed by atoms with Crippen molar-refractivity contribution < 1.29 is 0 Å². The number of pyridine rings is 2. The van der Waals surface area contributed by atoms with Crippen LogP contribution >= 0.6 is 0 Å². The van der Waals surface area contributed by atoms with E-state index < -0.39 is 0 Å². The minimum atomic E-state index is 0.705. The fourth-order valence-electron chi connectivity index (χ4n) is 7.29. The Morgan fingerprint density at radius 1 is 0.654 bits per heavy atom. The third-order valence-electron chi connectivity index (χ3n) is 9.91. The number of aromatic nitrogens is 2. The number of nitrogens with zero attached hydrogens (tertiary/aromatic N) is 2. The molecule has 0 bridgehead atoms. The molecule has 0 fully saturated rings. The second-order valence-electron chi connectivity index (χ2n) is 13.2. The number of rotatable bonds is 8. The summed E-state index contributed by atoms with van der Waals surface area (Å²) in [4.78, 5) is 9.55. The summed E-state index contributed by atoms with van der Waals surface area (Å²) in [6.45, 7) is 2.00. The van der Waals surface area contributed by atoms with Crippen LogP contribution in [0.15, 0.2) is 152 Å². The van der Waals surface area contributed by atoms with E-state index in [0.29, 0.717) is 11.4 Å². The summed E-state index contributed by atoms with van der Waals surface area (Å²) in [7, 11) is 0. The molecule has 0 atom stereocenters. The number of fused-ring (bicyclic) bond motifs is 2. The van der Waals surface area contributed by atoms with Gasteiger partial charge in [-0.25, -0.2) is 4.98 Å². The summed E-state index contributed by atoms with van der Waals surface area (Å²) < 4.78 is 0. The largest absolute Gasteiger partial charge is 0.396 e. The third-order valence-corrected chi connectivity index (χ3v) is 9.91. The smallest absolute Gasteiger partial charge is 0.0944 e. The molecule has 0 spiro atoms. The topological polar surface area (TPSA) is 77.8 Å². The Morgan fingerprint density at radius 3 is 2.25 bits per heavy atom. The van der Waals surface area contributed by atoms with Crippen LogP contribution in [0, 0.1) is 0 Å². The summed E-state index contributed by atoms with van der Waals surface area (Å²) in [5.74, 6) is 0. The highest BCUT2D eigenvalue weighted by atomic mass is 14.7. The van der Waals surface area contributed by atoms with Crippen LogP contribution in [-0.4, -0.2) is 9.97 Å². The van der Waals surface area contributed by atoms with E-state index in [0.717, 1.165) is 69.0 Å². The quantitative estimate of drug-likeness (QED) is 0.158. The molecule has 52 heavy (non-hydrogen) atoms. The molecule has 4 N–H and O–H groups in total. The predicted octanol–water partition coefficient (Wildman–Crippen LogP) is 11.8. The van der Waals surface area contributed by atoms with Crippen molar-refractivity contribution in [2.75, 3.05) is 11.5 Å². The molecule has 7 aromatic rings. The molecule has 1 aliphatic rings.